The van der Waals surface area contributed by atoms with Gasteiger partial charge in [0.25, 0.3) is 0 Å². The fourth-order valence-corrected chi connectivity index (χ4v) is 1.75. The van der Waals surface area contributed by atoms with Gasteiger partial charge >= 0.3 is 0 Å². The highest BCUT2D eigenvalue weighted by atomic mass is 35.5. The van der Waals surface area contributed by atoms with Gasteiger partial charge in [0, 0.05) is 23.0 Å². The largest absolute Gasteiger partial charge is 0.292 e. The first kappa shape index (κ1) is 12.3. The van der Waals surface area contributed by atoms with Gasteiger partial charge in [-0.2, -0.15) is 5.26 Å². The standard InChI is InChI=1S/C14H9ClN2O/c15-12-3-1-10(2-4-12)13(9-16)14(18)11-5-7-17-8-6-11/h1-8,13H. The van der Waals surface area contributed by atoms with E-state index in [2.05, 4.69) is 4.98 Å². The highest BCUT2D eigenvalue weighted by molar-refractivity contribution is 6.30. The molecule has 0 saturated carbocycles. The van der Waals surface area contributed by atoms with Crippen LogP contribution in [0.3, 0.4) is 0 Å². The minimum atomic E-state index is -0.815. The number of rotatable bonds is 3. The Kier molecular flexibility index (Phi) is 3.71. The second-order valence-corrected chi connectivity index (χ2v) is 4.15. The third kappa shape index (κ3) is 2.55. The molecule has 0 aliphatic rings. The zero-order valence-electron chi connectivity index (χ0n) is 9.38. The van der Waals surface area contributed by atoms with Gasteiger partial charge in [-0.05, 0) is 29.8 Å². The first-order valence-corrected chi connectivity index (χ1v) is 5.69. The lowest BCUT2D eigenvalue weighted by molar-refractivity contribution is 0.0979. The maximum Gasteiger partial charge on any atom is 0.184 e. The first-order chi connectivity index (χ1) is 8.72. The summed E-state index contributed by atoms with van der Waals surface area (Å²) in [6, 6.07) is 11.9. The number of benzene rings is 1. The average molecular weight is 257 g/mol. The smallest absolute Gasteiger partial charge is 0.184 e. The van der Waals surface area contributed by atoms with Crippen LogP contribution in [0, 0.1) is 11.3 Å². The van der Waals surface area contributed by atoms with Gasteiger partial charge in [0.15, 0.2) is 5.78 Å². The Bertz CT molecular complexity index is 587. The normalized spacial score (nSPS) is 11.6. The first-order valence-electron chi connectivity index (χ1n) is 5.31. The molecule has 0 amide bonds. The molecular formula is C14H9ClN2O. The zero-order chi connectivity index (χ0) is 13.0. The quantitative estimate of drug-likeness (QED) is 0.793. The number of Topliss-reactive ketones (excluding diaryl/α,β-unsaturated/α-hetero) is 1. The number of pyridine rings is 1. The van der Waals surface area contributed by atoms with Gasteiger partial charge in [-0.3, -0.25) is 9.78 Å². The Morgan fingerprint density at radius 2 is 1.78 bits per heavy atom. The fraction of sp³-hybridized carbons (Fsp3) is 0.0714. The minimum Gasteiger partial charge on any atom is -0.292 e. The van der Waals surface area contributed by atoms with Gasteiger partial charge in [0.05, 0.1) is 6.07 Å². The number of carbonyl (C=O) groups excluding carboxylic acids is 1. The van der Waals surface area contributed by atoms with Crippen molar-refractivity contribution < 1.29 is 4.79 Å². The number of hydrogen-bond donors (Lipinski definition) is 0. The molecule has 3 nitrogen and oxygen atoms in total. The Morgan fingerprint density at radius 3 is 2.33 bits per heavy atom. The SMILES string of the molecule is N#CC(C(=O)c1ccncc1)c1ccc(Cl)cc1. The summed E-state index contributed by atoms with van der Waals surface area (Å²) in [7, 11) is 0. The van der Waals surface area contributed by atoms with Crippen molar-refractivity contribution in [3.63, 3.8) is 0 Å². The highest BCUT2D eigenvalue weighted by Gasteiger charge is 2.21. The summed E-state index contributed by atoms with van der Waals surface area (Å²) in [6.07, 6.45) is 3.06. The van der Waals surface area contributed by atoms with Gasteiger partial charge in [-0.1, -0.05) is 23.7 Å². The summed E-state index contributed by atoms with van der Waals surface area (Å²) < 4.78 is 0. The second kappa shape index (κ2) is 5.44. The van der Waals surface area contributed by atoms with Crippen LogP contribution in [0.5, 0.6) is 0 Å². The second-order valence-electron chi connectivity index (χ2n) is 3.71. The van der Waals surface area contributed by atoms with Gasteiger partial charge < -0.3 is 0 Å². The van der Waals surface area contributed by atoms with E-state index in [4.69, 9.17) is 16.9 Å². The van der Waals surface area contributed by atoms with Crippen molar-refractivity contribution in [1.82, 2.24) is 4.98 Å². The summed E-state index contributed by atoms with van der Waals surface area (Å²) in [5.74, 6) is -1.05. The molecule has 1 atom stereocenters. The molecule has 0 radical (unpaired) electrons. The summed E-state index contributed by atoms with van der Waals surface area (Å²) >= 11 is 5.78. The molecule has 0 saturated heterocycles. The average Bonchev–Trinajstić information content (AvgIpc) is 2.42. The number of carbonyl (C=O) groups is 1. The van der Waals surface area contributed by atoms with Crippen molar-refractivity contribution in [1.29, 1.82) is 5.26 Å². The predicted molar refractivity (Wildman–Crippen MR) is 68.4 cm³/mol. The Morgan fingerprint density at radius 1 is 1.17 bits per heavy atom. The Balaban J connectivity index is 2.33. The van der Waals surface area contributed by atoms with Crippen molar-refractivity contribution in [2.45, 2.75) is 5.92 Å². The topological polar surface area (TPSA) is 53.8 Å². The molecule has 18 heavy (non-hydrogen) atoms. The van der Waals surface area contributed by atoms with Gasteiger partial charge in [-0.25, -0.2) is 0 Å². The molecule has 0 N–H and O–H groups in total. The molecule has 1 heterocycles. The Hall–Kier alpha value is -2.18. The molecule has 2 rings (SSSR count). The van der Waals surface area contributed by atoms with Gasteiger partial charge in [0.2, 0.25) is 0 Å². The molecule has 88 valence electrons. The van der Waals surface area contributed by atoms with E-state index in [-0.39, 0.29) is 5.78 Å². The molecule has 1 aromatic carbocycles. The van der Waals surface area contributed by atoms with Crippen LogP contribution in [-0.2, 0) is 0 Å². The number of aromatic nitrogens is 1. The monoisotopic (exact) mass is 256 g/mol. The summed E-state index contributed by atoms with van der Waals surface area (Å²) in [4.78, 5) is 16.0. The van der Waals surface area contributed by atoms with Crippen LogP contribution in [0.25, 0.3) is 0 Å². The molecule has 0 aliphatic carbocycles. The highest BCUT2D eigenvalue weighted by Crippen LogP contribution is 2.21. The van der Waals surface area contributed by atoms with E-state index in [0.717, 1.165) is 0 Å². The van der Waals surface area contributed by atoms with Crippen molar-refractivity contribution in [3.8, 4) is 6.07 Å². The predicted octanol–water partition coefficient (Wildman–Crippen LogP) is 3.23. The maximum atomic E-state index is 12.2. The number of hydrogen-bond acceptors (Lipinski definition) is 3. The molecule has 0 fully saturated rings. The van der Waals surface area contributed by atoms with Crippen LogP contribution in [0.1, 0.15) is 21.8 Å². The third-order valence-electron chi connectivity index (χ3n) is 2.56. The molecule has 0 bridgehead atoms. The van der Waals surface area contributed by atoms with Crippen molar-refractivity contribution >= 4 is 17.4 Å². The lowest BCUT2D eigenvalue weighted by Crippen LogP contribution is -2.11. The van der Waals surface area contributed by atoms with E-state index in [1.165, 1.54) is 12.4 Å². The van der Waals surface area contributed by atoms with E-state index in [9.17, 15) is 4.79 Å². The van der Waals surface area contributed by atoms with E-state index in [1.807, 2.05) is 6.07 Å². The van der Waals surface area contributed by atoms with E-state index in [1.54, 1.807) is 36.4 Å². The minimum absolute atomic E-state index is 0.234. The van der Waals surface area contributed by atoms with E-state index in [0.29, 0.717) is 16.1 Å². The van der Waals surface area contributed by atoms with Crippen molar-refractivity contribution in [3.05, 3.63) is 64.9 Å². The van der Waals surface area contributed by atoms with Crippen LogP contribution < -0.4 is 0 Å². The molecule has 1 aromatic heterocycles. The molecule has 0 aliphatic heterocycles. The molecule has 2 aromatic rings. The van der Waals surface area contributed by atoms with Gasteiger partial charge in [0.1, 0.15) is 5.92 Å². The number of halogens is 1. The van der Waals surface area contributed by atoms with Crippen LogP contribution in [0.15, 0.2) is 48.8 Å². The molecular weight excluding hydrogens is 248 g/mol. The van der Waals surface area contributed by atoms with E-state index < -0.39 is 5.92 Å². The van der Waals surface area contributed by atoms with Crippen molar-refractivity contribution in [2.75, 3.05) is 0 Å². The maximum absolute atomic E-state index is 12.2. The zero-order valence-corrected chi connectivity index (χ0v) is 10.1. The van der Waals surface area contributed by atoms with Crippen LogP contribution in [0.4, 0.5) is 0 Å². The van der Waals surface area contributed by atoms with Crippen LogP contribution in [0.2, 0.25) is 5.02 Å². The van der Waals surface area contributed by atoms with Crippen LogP contribution in [-0.4, -0.2) is 10.8 Å². The lowest BCUT2D eigenvalue weighted by atomic mass is 9.92. The molecule has 0 spiro atoms. The number of nitriles is 1. The molecule has 1 unspecified atom stereocenters. The summed E-state index contributed by atoms with van der Waals surface area (Å²) in [6.45, 7) is 0. The Labute approximate surface area is 110 Å². The lowest BCUT2D eigenvalue weighted by Gasteiger charge is -2.08. The van der Waals surface area contributed by atoms with Crippen molar-refractivity contribution in [2.24, 2.45) is 0 Å². The third-order valence-corrected chi connectivity index (χ3v) is 2.81. The summed E-state index contributed by atoms with van der Waals surface area (Å²) in [5, 5.41) is 9.74. The van der Waals surface area contributed by atoms with Gasteiger partial charge in [-0.15, -0.1) is 0 Å². The fourth-order valence-electron chi connectivity index (χ4n) is 1.62. The number of nitrogens with zero attached hydrogens (tertiary/aromatic N) is 2. The molecule has 4 heteroatoms. The summed E-state index contributed by atoms with van der Waals surface area (Å²) in [5.41, 5.74) is 1.12. The van der Waals surface area contributed by atoms with E-state index >= 15 is 0 Å². The number of ketones is 1. The van der Waals surface area contributed by atoms with Crippen LogP contribution >= 0.6 is 11.6 Å².